The highest BCUT2D eigenvalue weighted by Crippen LogP contribution is 2.33. The highest BCUT2D eigenvalue weighted by Gasteiger charge is 2.28. The van der Waals surface area contributed by atoms with Gasteiger partial charge in [-0.3, -0.25) is 14.9 Å². The summed E-state index contributed by atoms with van der Waals surface area (Å²) in [5.41, 5.74) is 5.43. The summed E-state index contributed by atoms with van der Waals surface area (Å²) in [6.07, 6.45) is 9.55. The van der Waals surface area contributed by atoms with Gasteiger partial charge in [-0.25, -0.2) is 0 Å². The van der Waals surface area contributed by atoms with Gasteiger partial charge in [0.25, 0.3) is 0 Å². The summed E-state index contributed by atoms with van der Waals surface area (Å²) in [7, 11) is 0. The van der Waals surface area contributed by atoms with Gasteiger partial charge >= 0.3 is 0 Å². The first-order chi connectivity index (χ1) is 14.2. The second-order valence-electron chi connectivity index (χ2n) is 9.00. The molecule has 1 saturated heterocycles. The molecule has 5 heteroatoms. The lowest BCUT2D eigenvalue weighted by molar-refractivity contribution is 0.0498. The Balaban J connectivity index is 1.38. The van der Waals surface area contributed by atoms with Crippen molar-refractivity contribution in [3.63, 3.8) is 0 Å². The van der Waals surface area contributed by atoms with Crippen molar-refractivity contribution >= 4 is 0 Å². The molecule has 2 N–H and O–H groups in total. The number of hydrogen-bond donors (Lipinski definition) is 2. The Bertz CT molecular complexity index is 750. The van der Waals surface area contributed by atoms with E-state index in [0.29, 0.717) is 12.0 Å². The van der Waals surface area contributed by atoms with Gasteiger partial charge in [0.2, 0.25) is 0 Å². The molecule has 5 nitrogen and oxygen atoms in total. The number of aliphatic hydroxyl groups is 1. The minimum absolute atomic E-state index is 0.252. The Hall–Kier alpha value is -1.69. The van der Waals surface area contributed by atoms with Gasteiger partial charge in [0.15, 0.2) is 0 Å². The predicted molar refractivity (Wildman–Crippen MR) is 117 cm³/mol. The quantitative estimate of drug-likeness (QED) is 0.747. The van der Waals surface area contributed by atoms with Crippen molar-refractivity contribution in [2.45, 2.75) is 70.5 Å². The molecule has 2 fully saturated rings. The van der Waals surface area contributed by atoms with Crippen LogP contribution in [0.15, 0.2) is 30.5 Å². The van der Waals surface area contributed by atoms with Crippen molar-refractivity contribution in [3.8, 4) is 0 Å². The molecular weight excluding hydrogens is 360 g/mol. The van der Waals surface area contributed by atoms with Crippen molar-refractivity contribution in [1.29, 1.82) is 0 Å². The van der Waals surface area contributed by atoms with Gasteiger partial charge in [0.1, 0.15) is 0 Å². The molecule has 0 amide bonds. The highest BCUT2D eigenvalue weighted by molar-refractivity contribution is 5.22. The number of aromatic amines is 1. The van der Waals surface area contributed by atoms with E-state index in [1.54, 1.807) is 0 Å². The van der Waals surface area contributed by atoms with Crippen LogP contribution in [0.25, 0.3) is 0 Å². The second kappa shape index (κ2) is 9.88. The normalized spacial score (nSPS) is 22.2. The van der Waals surface area contributed by atoms with Crippen LogP contribution in [-0.4, -0.2) is 57.4 Å². The highest BCUT2D eigenvalue weighted by atomic mass is 16.3. The topological polar surface area (TPSA) is 55.4 Å². The number of H-pyrrole nitrogens is 1. The molecule has 2 aromatic rings. The molecule has 29 heavy (non-hydrogen) atoms. The van der Waals surface area contributed by atoms with Crippen LogP contribution >= 0.6 is 0 Å². The zero-order valence-corrected chi connectivity index (χ0v) is 17.8. The number of aromatic nitrogens is 2. The summed E-state index contributed by atoms with van der Waals surface area (Å²) < 4.78 is 0. The van der Waals surface area contributed by atoms with Crippen LogP contribution < -0.4 is 0 Å². The second-order valence-corrected chi connectivity index (χ2v) is 9.00. The minimum atomic E-state index is 0.252. The van der Waals surface area contributed by atoms with Crippen LogP contribution in [0.5, 0.6) is 0 Å². The molecule has 0 unspecified atom stereocenters. The number of benzene rings is 1. The number of rotatable bonds is 7. The molecule has 4 rings (SSSR count). The Kier molecular flexibility index (Phi) is 7.01. The molecule has 1 aliphatic carbocycles. The number of nitrogens with zero attached hydrogens (tertiary/aromatic N) is 3. The number of aliphatic hydroxyl groups excluding tert-OH is 1. The van der Waals surface area contributed by atoms with Crippen molar-refractivity contribution < 1.29 is 5.11 Å². The predicted octanol–water partition coefficient (Wildman–Crippen LogP) is 3.83. The van der Waals surface area contributed by atoms with E-state index in [0.717, 1.165) is 39.1 Å². The molecule has 2 aliphatic rings. The molecule has 1 aromatic heterocycles. The third-order valence-electron chi connectivity index (χ3n) is 6.82. The molecule has 0 bridgehead atoms. The van der Waals surface area contributed by atoms with Gasteiger partial charge in [0.05, 0.1) is 6.20 Å². The number of piperazine rings is 1. The zero-order chi connectivity index (χ0) is 20.1. The molecule has 1 aliphatic heterocycles. The van der Waals surface area contributed by atoms with Crippen LogP contribution in [-0.2, 0) is 13.1 Å². The van der Waals surface area contributed by atoms with Gasteiger partial charge in [-0.1, -0.05) is 49.1 Å². The van der Waals surface area contributed by atoms with E-state index in [-0.39, 0.29) is 6.61 Å². The Morgan fingerprint density at radius 3 is 2.62 bits per heavy atom. The standard InChI is InChI=1S/C24H36N4O/c1-19-7-9-20(10-8-19)16-28-13-12-27(18-23(28)11-14-29)17-22-15-25-26-24(22)21-5-3-2-4-6-21/h7-10,15,21,23,29H,2-6,11-14,16-18H2,1H3,(H,25,26)/t23-/m1/s1. The van der Waals surface area contributed by atoms with Gasteiger partial charge in [-0.05, 0) is 31.7 Å². The molecular formula is C24H36N4O. The van der Waals surface area contributed by atoms with E-state index in [2.05, 4.69) is 51.2 Å². The zero-order valence-electron chi connectivity index (χ0n) is 17.8. The van der Waals surface area contributed by atoms with E-state index in [1.165, 1.54) is 54.5 Å². The SMILES string of the molecule is Cc1ccc(CN2CCN(Cc3cn[nH]c3C3CCCCC3)C[C@H]2CCO)cc1. The van der Waals surface area contributed by atoms with Crippen molar-refractivity contribution in [2.75, 3.05) is 26.2 Å². The molecule has 1 aromatic carbocycles. The minimum Gasteiger partial charge on any atom is -0.396 e. The summed E-state index contributed by atoms with van der Waals surface area (Å²) >= 11 is 0. The summed E-state index contributed by atoms with van der Waals surface area (Å²) in [5.74, 6) is 0.664. The van der Waals surface area contributed by atoms with E-state index >= 15 is 0 Å². The largest absolute Gasteiger partial charge is 0.396 e. The number of hydrogen-bond acceptors (Lipinski definition) is 4. The van der Waals surface area contributed by atoms with Crippen molar-refractivity contribution in [3.05, 3.63) is 52.8 Å². The summed E-state index contributed by atoms with van der Waals surface area (Å²) in [6.45, 7) is 7.47. The Morgan fingerprint density at radius 2 is 1.86 bits per heavy atom. The van der Waals surface area contributed by atoms with Crippen molar-refractivity contribution in [2.24, 2.45) is 0 Å². The van der Waals surface area contributed by atoms with Gasteiger partial charge in [-0.15, -0.1) is 0 Å². The molecule has 0 spiro atoms. The smallest absolute Gasteiger partial charge is 0.0535 e. The first kappa shape index (κ1) is 20.6. The fraction of sp³-hybridized carbons (Fsp3) is 0.625. The molecule has 158 valence electrons. The lowest BCUT2D eigenvalue weighted by atomic mass is 9.85. The molecule has 2 heterocycles. The fourth-order valence-electron chi connectivity index (χ4n) is 5.09. The maximum absolute atomic E-state index is 9.64. The first-order valence-corrected chi connectivity index (χ1v) is 11.4. The summed E-state index contributed by atoms with van der Waals surface area (Å²) in [6, 6.07) is 9.26. The monoisotopic (exact) mass is 396 g/mol. The van der Waals surface area contributed by atoms with E-state index in [1.807, 2.05) is 6.20 Å². The average molecular weight is 397 g/mol. The third kappa shape index (κ3) is 5.27. The number of aryl methyl sites for hydroxylation is 1. The average Bonchev–Trinajstić information content (AvgIpc) is 3.20. The molecule has 0 radical (unpaired) electrons. The maximum atomic E-state index is 9.64. The summed E-state index contributed by atoms with van der Waals surface area (Å²) in [4.78, 5) is 5.11. The van der Waals surface area contributed by atoms with Gasteiger partial charge in [0, 0.05) is 62.5 Å². The summed E-state index contributed by atoms with van der Waals surface area (Å²) in [5, 5.41) is 17.4. The number of nitrogens with one attached hydrogen (secondary N) is 1. The fourth-order valence-corrected chi connectivity index (χ4v) is 5.09. The maximum Gasteiger partial charge on any atom is 0.0535 e. The third-order valence-corrected chi connectivity index (χ3v) is 6.82. The van der Waals surface area contributed by atoms with E-state index in [9.17, 15) is 5.11 Å². The van der Waals surface area contributed by atoms with Crippen LogP contribution in [0.2, 0.25) is 0 Å². The van der Waals surface area contributed by atoms with Crippen LogP contribution in [0.3, 0.4) is 0 Å². The van der Waals surface area contributed by atoms with Crippen LogP contribution in [0.4, 0.5) is 0 Å². The molecule has 1 atom stereocenters. The molecule has 1 saturated carbocycles. The van der Waals surface area contributed by atoms with Gasteiger partial charge in [-0.2, -0.15) is 5.10 Å². The van der Waals surface area contributed by atoms with Crippen molar-refractivity contribution in [1.82, 2.24) is 20.0 Å². The van der Waals surface area contributed by atoms with Crippen LogP contribution in [0.1, 0.15) is 66.8 Å². The lowest BCUT2D eigenvalue weighted by Gasteiger charge is -2.41. The lowest BCUT2D eigenvalue weighted by Crippen LogP contribution is -2.52. The van der Waals surface area contributed by atoms with Crippen LogP contribution in [0, 0.1) is 6.92 Å². The first-order valence-electron chi connectivity index (χ1n) is 11.4. The van der Waals surface area contributed by atoms with E-state index in [4.69, 9.17) is 0 Å². The van der Waals surface area contributed by atoms with E-state index < -0.39 is 0 Å². The van der Waals surface area contributed by atoms with Gasteiger partial charge < -0.3 is 5.11 Å². The Morgan fingerprint density at radius 1 is 1.07 bits per heavy atom. The Labute approximate surface area is 175 Å².